The Bertz CT molecular complexity index is 882. The van der Waals surface area contributed by atoms with Gasteiger partial charge in [-0.3, -0.25) is 0 Å². The molecule has 2 heterocycles. The zero-order chi connectivity index (χ0) is 18.7. The van der Waals surface area contributed by atoms with E-state index in [0.717, 1.165) is 22.4 Å². The van der Waals surface area contributed by atoms with Crippen LogP contribution in [0, 0.1) is 11.8 Å². The van der Waals surface area contributed by atoms with E-state index >= 15 is 0 Å². The van der Waals surface area contributed by atoms with E-state index in [1.165, 1.54) is 12.4 Å². The highest BCUT2D eigenvalue weighted by molar-refractivity contribution is 7.91. The molecule has 0 saturated carbocycles. The molecule has 0 bridgehead atoms. The molecule has 6 heteroatoms. The third-order valence-electron chi connectivity index (χ3n) is 4.34. The molecular formula is C20H20N2O3S. The number of benzene rings is 1. The molecule has 2 aromatic rings. The maximum atomic E-state index is 12.2. The van der Waals surface area contributed by atoms with Crippen molar-refractivity contribution in [2.75, 3.05) is 12.4 Å². The van der Waals surface area contributed by atoms with E-state index in [0.29, 0.717) is 18.1 Å². The molecule has 26 heavy (non-hydrogen) atoms. The van der Waals surface area contributed by atoms with Crippen LogP contribution in [0.15, 0.2) is 35.5 Å². The SMILES string of the molecule is CCOC(=O)c1cnc(C#Cc2ccc3c(c2)C(C)(C)CC[S+]3[O-])cn1. The molecule has 3 rings (SSSR count). The standard InChI is InChI=1S/C20H20N2O3S/c1-4-25-19(23)17-13-21-15(12-22-17)7-5-14-6-8-18-16(11-14)20(2,3)9-10-26(18)24/h6,8,11-13H,4,9-10H2,1-3H3. The number of fused-ring (bicyclic) bond motifs is 1. The Morgan fingerprint density at radius 3 is 2.81 bits per heavy atom. The summed E-state index contributed by atoms with van der Waals surface area (Å²) >= 11 is -0.933. The van der Waals surface area contributed by atoms with Gasteiger partial charge in [-0.05, 0) is 47.6 Å². The second kappa shape index (κ2) is 7.48. The molecule has 1 aromatic carbocycles. The fourth-order valence-electron chi connectivity index (χ4n) is 2.77. The number of carbonyl (C=O) groups is 1. The van der Waals surface area contributed by atoms with Crippen LogP contribution in [-0.2, 0) is 21.3 Å². The number of hydrogen-bond donors (Lipinski definition) is 0. The molecule has 0 radical (unpaired) electrons. The van der Waals surface area contributed by atoms with Crippen molar-refractivity contribution in [3.05, 3.63) is 53.1 Å². The van der Waals surface area contributed by atoms with Crippen molar-refractivity contribution in [2.24, 2.45) is 0 Å². The lowest BCUT2D eigenvalue weighted by atomic mass is 9.81. The Morgan fingerprint density at radius 2 is 2.12 bits per heavy atom. The van der Waals surface area contributed by atoms with Gasteiger partial charge in [0.05, 0.1) is 19.0 Å². The molecule has 1 atom stereocenters. The van der Waals surface area contributed by atoms with Crippen LogP contribution in [-0.4, -0.2) is 32.8 Å². The number of hydrogen-bond acceptors (Lipinski definition) is 5. The van der Waals surface area contributed by atoms with Crippen LogP contribution in [0.3, 0.4) is 0 Å². The Balaban J connectivity index is 1.84. The van der Waals surface area contributed by atoms with Gasteiger partial charge >= 0.3 is 5.97 Å². The van der Waals surface area contributed by atoms with E-state index in [4.69, 9.17) is 4.74 Å². The van der Waals surface area contributed by atoms with E-state index in [-0.39, 0.29) is 11.1 Å². The summed E-state index contributed by atoms with van der Waals surface area (Å²) in [6, 6.07) is 5.80. The molecule has 0 spiro atoms. The minimum atomic E-state index is -0.933. The molecule has 1 aliphatic rings. The highest BCUT2D eigenvalue weighted by Crippen LogP contribution is 2.38. The van der Waals surface area contributed by atoms with Gasteiger partial charge in [-0.25, -0.2) is 14.8 Å². The Labute approximate surface area is 156 Å². The number of esters is 1. The Hall–Kier alpha value is -2.36. The molecule has 1 aromatic heterocycles. The Kier molecular flexibility index (Phi) is 5.30. The monoisotopic (exact) mass is 368 g/mol. The number of carbonyl (C=O) groups excluding carboxylic acids is 1. The van der Waals surface area contributed by atoms with Crippen molar-refractivity contribution in [3.63, 3.8) is 0 Å². The van der Waals surface area contributed by atoms with Crippen LogP contribution in [0.4, 0.5) is 0 Å². The lowest BCUT2D eigenvalue weighted by molar-refractivity contribution is 0.0519. The van der Waals surface area contributed by atoms with E-state index in [1.54, 1.807) is 6.92 Å². The molecular weight excluding hydrogens is 348 g/mol. The van der Waals surface area contributed by atoms with Gasteiger partial charge in [0.15, 0.2) is 10.6 Å². The minimum Gasteiger partial charge on any atom is -0.611 e. The van der Waals surface area contributed by atoms with Gasteiger partial charge in [0.1, 0.15) is 11.4 Å². The van der Waals surface area contributed by atoms with Gasteiger partial charge in [0, 0.05) is 17.5 Å². The number of nitrogens with zero attached hydrogens (tertiary/aromatic N) is 2. The summed E-state index contributed by atoms with van der Waals surface area (Å²) in [6.45, 7) is 6.36. The highest BCUT2D eigenvalue weighted by atomic mass is 32.2. The number of rotatable bonds is 2. The predicted molar refractivity (Wildman–Crippen MR) is 99.3 cm³/mol. The maximum absolute atomic E-state index is 12.2. The second-order valence-corrected chi connectivity index (χ2v) is 8.19. The number of ether oxygens (including phenoxy) is 1. The first-order valence-corrected chi connectivity index (χ1v) is 9.76. The van der Waals surface area contributed by atoms with Gasteiger partial charge in [0.2, 0.25) is 0 Å². The maximum Gasteiger partial charge on any atom is 0.358 e. The van der Waals surface area contributed by atoms with Gasteiger partial charge in [-0.1, -0.05) is 19.8 Å². The first-order chi connectivity index (χ1) is 12.4. The van der Waals surface area contributed by atoms with Crippen molar-refractivity contribution in [3.8, 4) is 11.8 Å². The summed E-state index contributed by atoms with van der Waals surface area (Å²) in [4.78, 5) is 20.7. The van der Waals surface area contributed by atoms with Gasteiger partial charge in [-0.2, -0.15) is 0 Å². The molecule has 0 amide bonds. The molecule has 5 nitrogen and oxygen atoms in total. The molecule has 0 aliphatic carbocycles. The summed E-state index contributed by atoms with van der Waals surface area (Å²) in [5.41, 5.74) is 2.56. The van der Waals surface area contributed by atoms with Crippen LogP contribution in [0.25, 0.3) is 0 Å². The fourth-order valence-corrected chi connectivity index (χ4v) is 4.48. The molecule has 0 saturated heterocycles. The molecule has 1 aliphatic heterocycles. The van der Waals surface area contributed by atoms with E-state index < -0.39 is 17.1 Å². The minimum absolute atomic E-state index is 0.0119. The second-order valence-electron chi connectivity index (χ2n) is 6.65. The van der Waals surface area contributed by atoms with Crippen LogP contribution >= 0.6 is 0 Å². The van der Waals surface area contributed by atoms with E-state index in [9.17, 15) is 9.35 Å². The Morgan fingerprint density at radius 1 is 1.31 bits per heavy atom. The summed E-state index contributed by atoms with van der Waals surface area (Å²) in [7, 11) is 0. The molecule has 0 N–H and O–H groups in total. The third-order valence-corrected chi connectivity index (χ3v) is 5.76. The van der Waals surface area contributed by atoms with Crippen LogP contribution in [0.1, 0.15) is 54.5 Å². The topological polar surface area (TPSA) is 75.1 Å². The van der Waals surface area contributed by atoms with Crippen molar-refractivity contribution >= 4 is 17.1 Å². The van der Waals surface area contributed by atoms with Gasteiger partial charge < -0.3 is 9.29 Å². The predicted octanol–water partition coefficient (Wildman–Crippen LogP) is 2.84. The van der Waals surface area contributed by atoms with Crippen LogP contribution in [0.5, 0.6) is 0 Å². The quantitative estimate of drug-likeness (QED) is 0.463. The molecule has 0 fully saturated rings. The molecule has 134 valence electrons. The summed E-state index contributed by atoms with van der Waals surface area (Å²) < 4.78 is 17.1. The number of aromatic nitrogens is 2. The lowest BCUT2D eigenvalue weighted by Gasteiger charge is -2.32. The lowest BCUT2D eigenvalue weighted by Crippen LogP contribution is -2.30. The zero-order valence-corrected chi connectivity index (χ0v) is 15.9. The van der Waals surface area contributed by atoms with Crippen molar-refractivity contribution in [1.82, 2.24) is 9.97 Å². The summed E-state index contributed by atoms with van der Waals surface area (Å²) in [5, 5.41) is 0. The van der Waals surface area contributed by atoms with Crippen molar-refractivity contribution in [2.45, 2.75) is 37.5 Å². The van der Waals surface area contributed by atoms with Crippen molar-refractivity contribution in [1.29, 1.82) is 0 Å². The van der Waals surface area contributed by atoms with Crippen LogP contribution < -0.4 is 0 Å². The highest BCUT2D eigenvalue weighted by Gasteiger charge is 2.35. The van der Waals surface area contributed by atoms with Crippen LogP contribution in [0.2, 0.25) is 0 Å². The average Bonchev–Trinajstić information content (AvgIpc) is 2.64. The third kappa shape index (κ3) is 3.90. The zero-order valence-electron chi connectivity index (χ0n) is 15.0. The average molecular weight is 368 g/mol. The van der Waals surface area contributed by atoms with E-state index in [2.05, 4.69) is 35.7 Å². The summed E-state index contributed by atoms with van der Waals surface area (Å²) in [5.74, 6) is 6.23. The molecule has 1 unspecified atom stereocenters. The smallest absolute Gasteiger partial charge is 0.358 e. The fraction of sp³-hybridized carbons (Fsp3) is 0.350. The largest absolute Gasteiger partial charge is 0.611 e. The van der Waals surface area contributed by atoms with Gasteiger partial charge in [-0.15, -0.1) is 0 Å². The van der Waals surface area contributed by atoms with Crippen molar-refractivity contribution < 1.29 is 14.1 Å². The van der Waals surface area contributed by atoms with Gasteiger partial charge in [0.25, 0.3) is 0 Å². The summed E-state index contributed by atoms with van der Waals surface area (Å²) in [6.07, 6.45) is 3.71. The normalized spacial score (nSPS) is 17.6. The van der Waals surface area contributed by atoms with E-state index in [1.807, 2.05) is 18.2 Å². The first-order valence-electron chi connectivity index (χ1n) is 8.45. The first kappa shape index (κ1) is 18.4.